The van der Waals surface area contributed by atoms with Crippen LogP contribution in [-0.2, 0) is 0 Å². The zero-order valence-electron chi connectivity index (χ0n) is 11.3. The van der Waals surface area contributed by atoms with E-state index >= 15 is 0 Å². The van der Waals surface area contributed by atoms with Gasteiger partial charge in [-0.1, -0.05) is 33.1 Å². The van der Waals surface area contributed by atoms with E-state index in [9.17, 15) is 0 Å². The van der Waals surface area contributed by atoms with Crippen LogP contribution in [0.25, 0.3) is 0 Å². The molecule has 0 radical (unpaired) electrons. The second-order valence-corrected chi connectivity index (χ2v) is 5.24. The SMILES string of the molecule is CCCCN(CCCC)C(CN)C1CCC1. The van der Waals surface area contributed by atoms with E-state index in [0.29, 0.717) is 6.04 Å². The third-order valence-corrected chi connectivity index (χ3v) is 4.00. The van der Waals surface area contributed by atoms with E-state index in [2.05, 4.69) is 18.7 Å². The molecule has 1 unspecified atom stereocenters. The molecule has 0 aliphatic heterocycles. The predicted octanol–water partition coefficient (Wildman–Crippen LogP) is 3.02. The van der Waals surface area contributed by atoms with Crippen molar-refractivity contribution in [1.29, 1.82) is 0 Å². The molecule has 16 heavy (non-hydrogen) atoms. The highest BCUT2D eigenvalue weighted by Crippen LogP contribution is 2.32. The van der Waals surface area contributed by atoms with Crippen molar-refractivity contribution < 1.29 is 0 Å². The van der Waals surface area contributed by atoms with Crippen LogP contribution in [0.4, 0.5) is 0 Å². The standard InChI is InChI=1S/C14H30N2/c1-3-5-10-16(11-6-4-2)14(12-15)13-8-7-9-13/h13-14H,3-12,15H2,1-2H3. The maximum atomic E-state index is 5.99. The first kappa shape index (κ1) is 14.0. The molecule has 1 rings (SSSR count). The van der Waals surface area contributed by atoms with Crippen molar-refractivity contribution in [3.8, 4) is 0 Å². The first-order valence-corrected chi connectivity index (χ1v) is 7.27. The second kappa shape index (κ2) is 8.08. The zero-order chi connectivity index (χ0) is 11.8. The summed E-state index contributed by atoms with van der Waals surface area (Å²) < 4.78 is 0. The van der Waals surface area contributed by atoms with E-state index < -0.39 is 0 Å². The topological polar surface area (TPSA) is 29.3 Å². The largest absolute Gasteiger partial charge is 0.329 e. The van der Waals surface area contributed by atoms with Crippen molar-refractivity contribution in [3.63, 3.8) is 0 Å². The van der Waals surface area contributed by atoms with Crippen molar-refractivity contribution in [1.82, 2.24) is 4.90 Å². The zero-order valence-corrected chi connectivity index (χ0v) is 11.3. The van der Waals surface area contributed by atoms with Crippen LogP contribution in [0.5, 0.6) is 0 Å². The molecule has 1 fully saturated rings. The molecule has 0 aromatic heterocycles. The van der Waals surface area contributed by atoms with Crippen molar-refractivity contribution in [2.45, 2.75) is 64.8 Å². The molecule has 1 saturated carbocycles. The first-order valence-electron chi connectivity index (χ1n) is 7.27. The molecule has 0 aromatic carbocycles. The maximum Gasteiger partial charge on any atom is 0.0246 e. The Bertz CT molecular complexity index is 158. The number of hydrogen-bond acceptors (Lipinski definition) is 2. The van der Waals surface area contributed by atoms with Crippen molar-refractivity contribution in [3.05, 3.63) is 0 Å². The van der Waals surface area contributed by atoms with E-state index in [1.807, 2.05) is 0 Å². The molecule has 0 saturated heterocycles. The molecule has 1 atom stereocenters. The van der Waals surface area contributed by atoms with Gasteiger partial charge in [-0.25, -0.2) is 0 Å². The highest BCUT2D eigenvalue weighted by molar-refractivity contribution is 4.85. The van der Waals surface area contributed by atoms with Gasteiger partial charge in [0.2, 0.25) is 0 Å². The Labute approximate surface area is 102 Å². The minimum absolute atomic E-state index is 0.673. The van der Waals surface area contributed by atoms with Gasteiger partial charge < -0.3 is 5.73 Å². The van der Waals surface area contributed by atoms with Gasteiger partial charge in [0, 0.05) is 12.6 Å². The summed E-state index contributed by atoms with van der Waals surface area (Å²) in [5, 5.41) is 0. The fourth-order valence-electron chi connectivity index (χ4n) is 2.63. The van der Waals surface area contributed by atoms with Crippen LogP contribution in [-0.4, -0.2) is 30.6 Å². The summed E-state index contributed by atoms with van der Waals surface area (Å²) in [6, 6.07) is 0.673. The molecule has 0 aromatic rings. The molecular formula is C14H30N2. The van der Waals surface area contributed by atoms with Gasteiger partial charge in [0.05, 0.1) is 0 Å². The third kappa shape index (κ3) is 4.06. The normalized spacial score (nSPS) is 18.8. The third-order valence-electron chi connectivity index (χ3n) is 4.00. The van der Waals surface area contributed by atoms with Crippen LogP contribution in [0.15, 0.2) is 0 Å². The number of nitrogens with two attached hydrogens (primary N) is 1. The lowest BCUT2D eigenvalue weighted by atomic mass is 9.79. The van der Waals surface area contributed by atoms with Gasteiger partial charge in [0.1, 0.15) is 0 Å². The molecular weight excluding hydrogens is 196 g/mol. The average Bonchev–Trinajstić information content (AvgIpc) is 2.24. The summed E-state index contributed by atoms with van der Waals surface area (Å²) in [5.41, 5.74) is 5.99. The van der Waals surface area contributed by atoms with Crippen LogP contribution in [0, 0.1) is 5.92 Å². The van der Waals surface area contributed by atoms with Crippen LogP contribution in [0.2, 0.25) is 0 Å². The van der Waals surface area contributed by atoms with Gasteiger partial charge in [-0.2, -0.15) is 0 Å². The Morgan fingerprint density at radius 1 is 1.12 bits per heavy atom. The van der Waals surface area contributed by atoms with E-state index in [0.717, 1.165) is 12.5 Å². The van der Waals surface area contributed by atoms with Crippen molar-refractivity contribution in [2.24, 2.45) is 11.7 Å². The van der Waals surface area contributed by atoms with Gasteiger partial charge in [-0.3, -0.25) is 4.90 Å². The van der Waals surface area contributed by atoms with Crippen LogP contribution >= 0.6 is 0 Å². The van der Waals surface area contributed by atoms with Gasteiger partial charge in [0.25, 0.3) is 0 Å². The summed E-state index contributed by atoms with van der Waals surface area (Å²) in [4.78, 5) is 2.68. The Kier molecular flexibility index (Phi) is 7.06. The molecule has 2 heteroatoms. The van der Waals surface area contributed by atoms with Crippen LogP contribution in [0.3, 0.4) is 0 Å². The highest BCUT2D eigenvalue weighted by Gasteiger charge is 2.30. The smallest absolute Gasteiger partial charge is 0.0246 e. The highest BCUT2D eigenvalue weighted by atomic mass is 15.2. The molecule has 96 valence electrons. The summed E-state index contributed by atoms with van der Waals surface area (Å²) in [5.74, 6) is 0.902. The quantitative estimate of drug-likeness (QED) is 0.655. The van der Waals surface area contributed by atoms with E-state index in [-0.39, 0.29) is 0 Å². The summed E-state index contributed by atoms with van der Waals surface area (Å²) in [6.45, 7) is 7.93. The summed E-state index contributed by atoms with van der Waals surface area (Å²) in [6.07, 6.45) is 9.50. The maximum absolute atomic E-state index is 5.99. The Morgan fingerprint density at radius 3 is 2.00 bits per heavy atom. The minimum Gasteiger partial charge on any atom is -0.329 e. The van der Waals surface area contributed by atoms with Gasteiger partial charge in [-0.15, -0.1) is 0 Å². The van der Waals surface area contributed by atoms with E-state index in [1.54, 1.807) is 0 Å². The van der Waals surface area contributed by atoms with Crippen LogP contribution < -0.4 is 5.73 Å². The van der Waals surface area contributed by atoms with E-state index in [4.69, 9.17) is 5.73 Å². The lowest BCUT2D eigenvalue weighted by Gasteiger charge is -2.41. The summed E-state index contributed by atoms with van der Waals surface area (Å²) >= 11 is 0. The summed E-state index contributed by atoms with van der Waals surface area (Å²) in [7, 11) is 0. The van der Waals surface area contributed by atoms with Crippen LogP contribution in [0.1, 0.15) is 58.8 Å². The molecule has 0 amide bonds. The molecule has 0 heterocycles. The van der Waals surface area contributed by atoms with Gasteiger partial charge in [0.15, 0.2) is 0 Å². The Hall–Kier alpha value is -0.0800. The Morgan fingerprint density at radius 2 is 1.69 bits per heavy atom. The molecule has 2 nitrogen and oxygen atoms in total. The molecule has 1 aliphatic rings. The minimum atomic E-state index is 0.673. The number of hydrogen-bond donors (Lipinski definition) is 1. The predicted molar refractivity (Wildman–Crippen MR) is 71.6 cm³/mol. The fraction of sp³-hybridized carbons (Fsp3) is 1.00. The van der Waals surface area contributed by atoms with Gasteiger partial charge in [-0.05, 0) is 44.7 Å². The monoisotopic (exact) mass is 226 g/mol. The number of rotatable bonds is 9. The fourth-order valence-corrected chi connectivity index (χ4v) is 2.63. The lowest BCUT2D eigenvalue weighted by molar-refractivity contribution is 0.0974. The van der Waals surface area contributed by atoms with Gasteiger partial charge >= 0.3 is 0 Å². The van der Waals surface area contributed by atoms with Crippen molar-refractivity contribution >= 4 is 0 Å². The Balaban J connectivity index is 2.41. The van der Waals surface area contributed by atoms with E-state index in [1.165, 1.54) is 58.0 Å². The second-order valence-electron chi connectivity index (χ2n) is 5.24. The average molecular weight is 226 g/mol. The molecule has 0 bridgehead atoms. The molecule has 2 N–H and O–H groups in total. The number of unbranched alkanes of at least 4 members (excludes halogenated alkanes) is 2. The van der Waals surface area contributed by atoms with Crippen molar-refractivity contribution in [2.75, 3.05) is 19.6 Å². The first-order chi connectivity index (χ1) is 7.83. The lowest BCUT2D eigenvalue weighted by Crippen LogP contribution is -2.48. The number of nitrogens with zero attached hydrogens (tertiary/aromatic N) is 1. The molecule has 0 spiro atoms. The molecule has 1 aliphatic carbocycles.